The molecule has 0 saturated heterocycles. The molecule has 2 aliphatic rings. The van der Waals surface area contributed by atoms with Crippen LogP contribution in [0.4, 0.5) is 0 Å². The molecule has 1 unspecified atom stereocenters. The van der Waals surface area contributed by atoms with E-state index in [1.807, 2.05) is 30.3 Å². The van der Waals surface area contributed by atoms with Crippen molar-refractivity contribution in [3.8, 4) is 11.5 Å². The van der Waals surface area contributed by atoms with Crippen LogP contribution in [-0.2, 0) is 10.3 Å². The van der Waals surface area contributed by atoms with Gasteiger partial charge < -0.3 is 14.2 Å². The molecule has 24 heavy (non-hydrogen) atoms. The maximum absolute atomic E-state index is 13.0. The molecule has 0 N–H and O–H groups in total. The Bertz CT molecular complexity index is 853. The molecule has 4 rings (SSSR count). The van der Waals surface area contributed by atoms with Crippen LogP contribution in [0.1, 0.15) is 33.5 Å². The van der Waals surface area contributed by atoms with Gasteiger partial charge in [0, 0.05) is 23.1 Å². The van der Waals surface area contributed by atoms with Gasteiger partial charge >= 0.3 is 0 Å². The standard InChI is InChI=1S/C20H18O4/c1-22-16-10-9-14-17(19(16)23-2)20(11-5-6-12-24-20)15-8-4-3-7-13(15)18(14)21/h3-10H,11-12H2,1-2H3. The number of rotatable bonds is 2. The summed E-state index contributed by atoms with van der Waals surface area (Å²) in [6, 6.07) is 11.2. The van der Waals surface area contributed by atoms with Crippen molar-refractivity contribution in [2.45, 2.75) is 12.0 Å². The SMILES string of the molecule is COc1ccc2c(c1OC)C1(CC=CCO1)c1ccccc1C2=O. The third kappa shape index (κ3) is 1.86. The van der Waals surface area contributed by atoms with E-state index in [1.165, 1.54) is 0 Å². The lowest BCUT2D eigenvalue weighted by molar-refractivity contribution is -0.0117. The van der Waals surface area contributed by atoms with Gasteiger partial charge in [-0.2, -0.15) is 0 Å². The Kier molecular flexibility index (Phi) is 3.43. The molecule has 0 aromatic heterocycles. The fraction of sp³-hybridized carbons (Fsp3) is 0.250. The first kappa shape index (κ1) is 15.0. The van der Waals surface area contributed by atoms with Gasteiger partial charge in [0.05, 0.1) is 20.8 Å². The third-order valence-corrected chi connectivity index (χ3v) is 4.80. The molecule has 1 aliphatic carbocycles. The molecule has 2 aromatic carbocycles. The van der Waals surface area contributed by atoms with Crippen LogP contribution in [0, 0.1) is 0 Å². The number of ketones is 1. The number of carbonyl (C=O) groups excluding carboxylic acids is 1. The van der Waals surface area contributed by atoms with Crippen LogP contribution in [0.5, 0.6) is 11.5 Å². The Balaban J connectivity index is 2.10. The molecular formula is C20H18O4. The molecule has 122 valence electrons. The largest absolute Gasteiger partial charge is 0.493 e. The quantitative estimate of drug-likeness (QED) is 0.794. The van der Waals surface area contributed by atoms with E-state index in [9.17, 15) is 4.79 Å². The minimum atomic E-state index is -0.728. The summed E-state index contributed by atoms with van der Waals surface area (Å²) in [5, 5.41) is 0. The van der Waals surface area contributed by atoms with Crippen molar-refractivity contribution >= 4 is 5.78 Å². The molecule has 2 aromatic rings. The molecule has 0 fully saturated rings. The molecule has 0 radical (unpaired) electrons. The normalized spacial score (nSPS) is 21.3. The van der Waals surface area contributed by atoms with Crippen LogP contribution in [-0.4, -0.2) is 26.6 Å². The van der Waals surface area contributed by atoms with E-state index in [0.29, 0.717) is 35.7 Å². The summed E-state index contributed by atoms with van der Waals surface area (Å²) in [6.45, 7) is 0.488. The van der Waals surface area contributed by atoms with Crippen molar-refractivity contribution in [2.24, 2.45) is 0 Å². The van der Waals surface area contributed by atoms with Crippen LogP contribution in [0.2, 0.25) is 0 Å². The minimum Gasteiger partial charge on any atom is -0.493 e. The van der Waals surface area contributed by atoms with Gasteiger partial charge in [0.15, 0.2) is 17.3 Å². The van der Waals surface area contributed by atoms with E-state index >= 15 is 0 Å². The maximum Gasteiger partial charge on any atom is 0.193 e. The molecule has 0 amide bonds. The Morgan fingerprint density at radius 3 is 2.54 bits per heavy atom. The second-order valence-electron chi connectivity index (χ2n) is 5.91. The zero-order valence-corrected chi connectivity index (χ0v) is 13.7. The van der Waals surface area contributed by atoms with E-state index in [1.54, 1.807) is 26.4 Å². The van der Waals surface area contributed by atoms with Gasteiger partial charge in [0.25, 0.3) is 0 Å². The topological polar surface area (TPSA) is 44.8 Å². The highest BCUT2D eigenvalue weighted by Gasteiger charge is 2.47. The van der Waals surface area contributed by atoms with Crippen molar-refractivity contribution < 1.29 is 19.0 Å². The number of hydrogen-bond acceptors (Lipinski definition) is 4. The second kappa shape index (κ2) is 5.49. The van der Waals surface area contributed by atoms with Gasteiger partial charge in [-0.3, -0.25) is 4.79 Å². The average molecular weight is 322 g/mol. The summed E-state index contributed by atoms with van der Waals surface area (Å²) in [5.41, 5.74) is 2.22. The molecular weight excluding hydrogens is 304 g/mol. The summed E-state index contributed by atoms with van der Waals surface area (Å²) in [5.74, 6) is 1.15. The zero-order valence-electron chi connectivity index (χ0n) is 13.7. The van der Waals surface area contributed by atoms with E-state index in [0.717, 1.165) is 11.1 Å². The van der Waals surface area contributed by atoms with Gasteiger partial charge in [-0.1, -0.05) is 36.4 Å². The fourth-order valence-corrected chi connectivity index (χ4v) is 3.76. The lowest BCUT2D eigenvalue weighted by atomic mass is 9.71. The van der Waals surface area contributed by atoms with Crippen molar-refractivity contribution in [3.05, 3.63) is 70.8 Å². The summed E-state index contributed by atoms with van der Waals surface area (Å²) in [4.78, 5) is 13.0. The maximum atomic E-state index is 13.0. The first-order valence-corrected chi connectivity index (χ1v) is 7.91. The number of fused-ring (bicyclic) bond motifs is 4. The number of methoxy groups -OCH3 is 2. The summed E-state index contributed by atoms with van der Waals surface area (Å²) in [7, 11) is 3.19. The van der Waals surface area contributed by atoms with E-state index in [-0.39, 0.29) is 5.78 Å². The number of ether oxygens (including phenoxy) is 3. The monoisotopic (exact) mass is 322 g/mol. The molecule has 0 bridgehead atoms. The van der Waals surface area contributed by atoms with E-state index < -0.39 is 5.60 Å². The van der Waals surface area contributed by atoms with Crippen molar-refractivity contribution in [1.82, 2.24) is 0 Å². The van der Waals surface area contributed by atoms with Gasteiger partial charge in [0.2, 0.25) is 0 Å². The minimum absolute atomic E-state index is 0.00895. The first-order valence-electron chi connectivity index (χ1n) is 7.91. The first-order chi connectivity index (χ1) is 11.7. The number of benzene rings is 2. The number of hydrogen-bond donors (Lipinski definition) is 0. The highest BCUT2D eigenvalue weighted by atomic mass is 16.5. The van der Waals surface area contributed by atoms with Gasteiger partial charge in [-0.25, -0.2) is 0 Å². The molecule has 1 atom stereocenters. The van der Waals surface area contributed by atoms with E-state index in [2.05, 4.69) is 6.08 Å². The van der Waals surface area contributed by atoms with Crippen molar-refractivity contribution in [2.75, 3.05) is 20.8 Å². The van der Waals surface area contributed by atoms with Crippen LogP contribution < -0.4 is 9.47 Å². The van der Waals surface area contributed by atoms with Crippen LogP contribution in [0.15, 0.2) is 48.6 Å². The predicted octanol–water partition coefficient (Wildman–Crippen LogP) is 3.47. The Morgan fingerprint density at radius 1 is 1.00 bits per heavy atom. The van der Waals surface area contributed by atoms with Crippen LogP contribution in [0.25, 0.3) is 0 Å². The van der Waals surface area contributed by atoms with Gasteiger partial charge in [0.1, 0.15) is 5.60 Å². The highest BCUT2D eigenvalue weighted by molar-refractivity contribution is 6.13. The third-order valence-electron chi connectivity index (χ3n) is 4.80. The van der Waals surface area contributed by atoms with Crippen molar-refractivity contribution in [1.29, 1.82) is 0 Å². The predicted molar refractivity (Wildman–Crippen MR) is 89.9 cm³/mol. The van der Waals surface area contributed by atoms with E-state index in [4.69, 9.17) is 14.2 Å². The second-order valence-corrected chi connectivity index (χ2v) is 5.91. The average Bonchev–Trinajstić information content (AvgIpc) is 2.66. The van der Waals surface area contributed by atoms with Gasteiger partial charge in [-0.15, -0.1) is 0 Å². The lowest BCUT2D eigenvalue weighted by Crippen LogP contribution is -2.40. The van der Waals surface area contributed by atoms with Crippen LogP contribution >= 0.6 is 0 Å². The number of carbonyl (C=O) groups is 1. The molecule has 1 heterocycles. The lowest BCUT2D eigenvalue weighted by Gasteiger charge is -2.41. The summed E-state index contributed by atoms with van der Waals surface area (Å²) < 4.78 is 17.4. The Morgan fingerprint density at radius 2 is 1.83 bits per heavy atom. The van der Waals surface area contributed by atoms with Crippen LogP contribution in [0.3, 0.4) is 0 Å². The Hall–Kier alpha value is -2.59. The summed E-state index contributed by atoms with van der Waals surface area (Å²) in [6.07, 6.45) is 4.74. The molecule has 0 saturated carbocycles. The molecule has 1 aliphatic heterocycles. The molecule has 4 nitrogen and oxygen atoms in total. The highest BCUT2D eigenvalue weighted by Crippen LogP contribution is 2.52. The Labute approximate surface area is 140 Å². The molecule has 1 spiro atoms. The fourth-order valence-electron chi connectivity index (χ4n) is 3.76. The smallest absolute Gasteiger partial charge is 0.193 e. The van der Waals surface area contributed by atoms with Gasteiger partial charge in [-0.05, 0) is 17.7 Å². The van der Waals surface area contributed by atoms with Crippen molar-refractivity contribution in [3.63, 3.8) is 0 Å². The zero-order chi connectivity index (χ0) is 16.7. The summed E-state index contributed by atoms with van der Waals surface area (Å²) >= 11 is 0. The molecule has 4 heteroatoms.